The van der Waals surface area contributed by atoms with E-state index in [4.69, 9.17) is 9.84 Å². The van der Waals surface area contributed by atoms with E-state index in [2.05, 4.69) is 10.3 Å². The molecule has 21 heavy (non-hydrogen) atoms. The average Bonchev–Trinajstić information content (AvgIpc) is 2.92. The van der Waals surface area contributed by atoms with E-state index < -0.39 is 12.1 Å². The van der Waals surface area contributed by atoms with Crippen LogP contribution >= 0.6 is 0 Å². The number of aliphatic carboxylic acids is 1. The molecule has 0 radical (unpaired) electrons. The third-order valence-electron chi connectivity index (χ3n) is 3.02. The minimum absolute atomic E-state index is 0.0110. The number of methoxy groups -OCH3 is 1. The molecular weight excluding hydrogens is 274 g/mol. The smallest absolute Gasteiger partial charge is 0.303 e. The van der Waals surface area contributed by atoms with Gasteiger partial charge in [-0.15, -0.1) is 5.10 Å². The van der Waals surface area contributed by atoms with Gasteiger partial charge in [-0.25, -0.2) is 4.68 Å². The Morgan fingerprint density at radius 3 is 3.00 bits per heavy atom. The first-order chi connectivity index (χ1) is 10.1. The maximum absolute atomic E-state index is 10.5. The van der Waals surface area contributed by atoms with Crippen LogP contribution in [0.15, 0.2) is 30.5 Å². The lowest BCUT2D eigenvalue weighted by molar-refractivity contribution is -0.136. The number of carbonyl (C=O) groups is 1. The van der Waals surface area contributed by atoms with Gasteiger partial charge < -0.3 is 14.9 Å². The van der Waals surface area contributed by atoms with E-state index in [1.54, 1.807) is 37.6 Å². The van der Waals surface area contributed by atoms with E-state index >= 15 is 0 Å². The van der Waals surface area contributed by atoms with Crippen LogP contribution in [0.3, 0.4) is 0 Å². The van der Waals surface area contributed by atoms with E-state index in [0.717, 1.165) is 5.56 Å². The van der Waals surface area contributed by atoms with Crippen molar-refractivity contribution in [3.63, 3.8) is 0 Å². The van der Waals surface area contributed by atoms with Crippen LogP contribution in [-0.4, -0.2) is 38.3 Å². The Balaban J connectivity index is 1.98. The molecule has 112 valence electrons. The molecule has 0 bridgehead atoms. The lowest BCUT2D eigenvalue weighted by atomic mass is 10.1. The van der Waals surface area contributed by atoms with Gasteiger partial charge in [0.25, 0.3) is 0 Å². The third-order valence-corrected chi connectivity index (χ3v) is 3.02. The molecule has 1 unspecified atom stereocenters. The lowest BCUT2D eigenvalue weighted by Crippen LogP contribution is -2.09. The fraction of sp³-hybridized carbons (Fsp3) is 0.357. The molecule has 0 spiro atoms. The van der Waals surface area contributed by atoms with Crippen molar-refractivity contribution in [1.82, 2.24) is 15.0 Å². The molecule has 0 aliphatic rings. The Bertz CT molecular complexity index is 612. The fourth-order valence-electron chi connectivity index (χ4n) is 1.91. The summed E-state index contributed by atoms with van der Waals surface area (Å²) in [4.78, 5) is 10.5. The van der Waals surface area contributed by atoms with E-state index in [1.165, 1.54) is 4.68 Å². The van der Waals surface area contributed by atoms with Crippen molar-refractivity contribution in [1.29, 1.82) is 0 Å². The van der Waals surface area contributed by atoms with E-state index in [-0.39, 0.29) is 13.0 Å². The SMILES string of the molecule is COc1cccc(C(O)Cn2cc(CCC(=O)O)nn2)c1. The van der Waals surface area contributed by atoms with Gasteiger partial charge in [0.15, 0.2) is 0 Å². The molecule has 0 saturated heterocycles. The van der Waals surface area contributed by atoms with E-state index in [1.807, 2.05) is 0 Å². The maximum atomic E-state index is 10.5. The highest BCUT2D eigenvalue weighted by molar-refractivity contribution is 5.66. The van der Waals surface area contributed by atoms with Crippen molar-refractivity contribution >= 4 is 5.97 Å². The standard InChI is InChI=1S/C14H17N3O4/c1-21-12-4-2-3-10(7-12)13(18)9-17-8-11(15-16-17)5-6-14(19)20/h2-4,7-8,13,18H,5-6,9H2,1H3,(H,19,20). The second kappa shape index (κ2) is 6.85. The Morgan fingerprint density at radius 1 is 1.48 bits per heavy atom. The average molecular weight is 291 g/mol. The molecule has 2 rings (SSSR count). The molecule has 0 aliphatic heterocycles. The zero-order valence-corrected chi connectivity index (χ0v) is 11.6. The molecular formula is C14H17N3O4. The van der Waals surface area contributed by atoms with Crippen molar-refractivity contribution in [2.45, 2.75) is 25.5 Å². The molecule has 1 atom stereocenters. The monoisotopic (exact) mass is 291 g/mol. The minimum atomic E-state index is -0.874. The number of hydrogen-bond acceptors (Lipinski definition) is 5. The molecule has 0 amide bonds. The predicted octanol–water partition coefficient (Wildman–Crippen LogP) is 1.04. The van der Waals surface area contributed by atoms with Gasteiger partial charge in [0.05, 0.1) is 31.9 Å². The minimum Gasteiger partial charge on any atom is -0.497 e. The molecule has 1 heterocycles. The fourth-order valence-corrected chi connectivity index (χ4v) is 1.91. The van der Waals surface area contributed by atoms with Crippen molar-refractivity contribution < 1.29 is 19.7 Å². The molecule has 7 heteroatoms. The summed E-state index contributed by atoms with van der Waals surface area (Å²) in [5.74, 6) is -0.201. The zero-order chi connectivity index (χ0) is 15.2. The molecule has 0 fully saturated rings. The highest BCUT2D eigenvalue weighted by Crippen LogP contribution is 2.20. The van der Waals surface area contributed by atoms with E-state index in [9.17, 15) is 9.90 Å². The van der Waals surface area contributed by atoms with Crippen molar-refractivity contribution in [2.75, 3.05) is 7.11 Å². The molecule has 7 nitrogen and oxygen atoms in total. The highest BCUT2D eigenvalue weighted by atomic mass is 16.5. The number of aromatic nitrogens is 3. The Hall–Kier alpha value is -2.41. The van der Waals surface area contributed by atoms with Crippen molar-refractivity contribution in [3.8, 4) is 5.75 Å². The number of ether oxygens (including phenoxy) is 1. The Labute approximate surface area is 121 Å². The van der Waals surface area contributed by atoms with Gasteiger partial charge in [0, 0.05) is 12.6 Å². The summed E-state index contributed by atoms with van der Waals surface area (Å²) in [6.45, 7) is 0.243. The number of nitrogens with zero attached hydrogens (tertiary/aromatic N) is 3. The highest BCUT2D eigenvalue weighted by Gasteiger charge is 2.11. The summed E-state index contributed by atoms with van der Waals surface area (Å²) >= 11 is 0. The topological polar surface area (TPSA) is 97.5 Å². The molecule has 1 aromatic heterocycles. The van der Waals surface area contributed by atoms with Gasteiger partial charge >= 0.3 is 5.97 Å². The van der Waals surface area contributed by atoms with Crippen LogP contribution in [0.4, 0.5) is 0 Å². The number of rotatable bonds is 7. The number of carboxylic acids is 1. The summed E-state index contributed by atoms with van der Waals surface area (Å²) in [6.07, 6.45) is 1.24. The summed E-state index contributed by atoms with van der Waals surface area (Å²) in [5, 5.41) is 26.6. The predicted molar refractivity (Wildman–Crippen MR) is 73.9 cm³/mol. The van der Waals surface area contributed by atoms with E-state index in [0.29, 0.717) is 17.9 Å². The summed E-state index contributed by atoms with van der Waals surface area (Å²) < 4.78 is 6.61. The first-order valence-electron chi connectivity index (χ1n) is 6.51. The van der Waals surface area contributed by atoms with Crippen LogP contribution in [0.1, 0.15) is 23.8 Å². The number of carboxylic acid groups (broad SMARTS) is 1. The van der Waals surface area contributed by atoms with Crippen LogP contribution in [0, 0.1) is 0 Å². The number of aliphatic hydroxyl groups excluding tert-OH is 1. The second-order valence-electron chi connectivity index (χ2n) is 4.62. The van der Waals surface area contributed by atoms with Gasteiger partial charge in [0.1, 0.15) is 5.75 Å². The first-order valence-corrected chi connectivity index (χ1v) is 6.51. The van der Waals surface area contributed by atoms with Crippen LogP contribution in [0.25, 0.3) is 0 Å². The van der Waals surface area contributed by atoms with Crippen LogP contribution < -0.4 is 4.74 Å². The number of aryl methyl sites for hydroxylation is 1. The van der Waals surface area contributed by atoms with Crippen molar-refractivity contribution in [3.05, 3.63) is 41.7 Å². The molecule has 0 saturated carbocycles. The van der Waals surface area contributed by atoms with Crippen LogP contribution in [0.2, 0.25) is 0 Å². The molecule has 0 aliphatic carbocycles. The summed E-state index contributed by atoms with van der Waals surface area (Å²) in [7, 11) is 1.57. The van der Waals surface area contributed by atoms with Crippen LogP contribution in [-0.2, 0) is 17.8 Å². The Kier molecular flexibility index (Phi) is 4.89. The van der Waals surface area contributed by atoms with Gasteiger partial charge in [-0.2, -0.15) is 0 Å². The summed E-state index contributed by atoms with van der Waals surface area (Å²) in [6, 6.07) is 7.16. The number of benzene rings is 1. The number of aliphatic hydroxyl groups is 1. The first kappa shape index (κ1) is 15.0. The second-order valence-corrected chi connectivity index (χ2v) is 4.62. The molecule has 2 N–H and O–H groups in total. The normalized spacial score (nSPS) is 12.1. The maximum Gasteiger partial charge on any atom is 0.303 e. The molecule has 2 aromatic rings. The molecule has 1 aromatic carbocycles. The summed E-state index contributed by atoms with van der Waals surface area (Å²) in [5.41, 5.74) is 1.31. The van der Waals surface area contributed by atoms with Crippen LogP contribution in [0.5, 0.6) is 5.75 Å². The van der Waals surface area contributed by atoms with Gasteiger partial charge in [0.2, 0.25) is 0 Å². The largest absolute Gasteiger partial charge is 0.497 e. The van der Waals surface area contributed by atoms with Gasteiger partial charge in [-0.3, -0.25) is 4.79 Å². The number of hydrogen-bond donors (Lipinski definition) is 2. The lowest BCUT2D eigenvalue weighted by Gasteiger charge is -2.11. The van der Waals surface area contributed by atoms with Crippen molar-refractivity contribution in [2.24, 2.45) is 0 Å². The third kappa shape index (κ3) is 4.28. The Morgan fingerprint density at radius 2 is 2.29 bits per heavy atom. The zero-order valence-electron chi connectivity index (χ0n) is 11.6. The quantitative estimate of drug-likeness (QED) is 0.791. The van der Waals surface area contributed by atoms with Gasteiger partial charge in [-0.1, -0.05) is 17.3 Å². The van der Waals surface area contributed by atoms with Gasteiger partial charge in [-0.05, 0) is 17.7 Å².